The number of imidazole rings is 1. The zero-order chi connectivity index (χ0) is 11.5. The van der Waals surface area contributed by atoms with Crippen LogP contribution in [0.4, 0.5) is 4.79 Å². The van der Waals surface area contributed by atoms with E-state index in [0.717, 1.165) is 0 Å². The minimum atomic E-state index is -0.584. The van der Waals surface area contributed by atoms with E-state index in [0.29, 0.717) is 11.5 Å². The van der Waals surface area contributed by atoms with Gasteiger partial charge in [-0.3, -0.25) is 0 Å². The highest BCUT2D eigenvalue weighted by atomic mass is 16.6. The normalized spacial score (nSPS) is 10.1. The third-order valence-corrected chi connectivity index (χ3v) is 1.94. The molecule has 0 aliphatic heterocycles. The highest BCUT2D eigenvalue weighted by Crippen LogP contribution is 2.24. The van der Waals surface area contributed by atoms with E-state index in [9.17, 15) is 4.79 Å². The fourth-order valence-corrected chi connectivity index (χ4v) is 1.21. The van der Waals surface area contributed by atoms with Gasteiger partial charge in [-0.1, -0.05) is 0 Å². The van der Waals surface area contributed by atoms with Crippen LogP contribution >= 0.6 is 0 Å². The maximum Gasteiger partial charge on any atom is 0.413 e. The predicted octanol–water partition coefficient (Wildman–Crippen LogP) is -0.0766. The first-order chi connectivity index (χ1) is 7.72. The molecule has 2 aromatic heterocycles. The van der Waals surface area contributed by atoms with Crippen LogP contribution in [0.3, 0.4) is 0 Å². The summed E-state index contributed by atoms with van der Waals surface area (Å²) in [5, 5.41) is 9.83. The topological polar surface area (TPSA) is 97.7 Å². The lowest BCUT2D eigenvalue weighted by molar-refractivity contribution is 0.201. The highest BCUT2D eigenvalue weighted by Gasteiger charge is 2.17. The van der Waals surface area contributed by atoms with Crippen LogP contribution in [-0.2, 0) is 7.05 Å². The quantitative estimate of drug-likeness (QED) is 0.740. The van der Waals surface area contributed by atoms with Gasteiger partial charge in [-0.2, -0.15) is 0 Å². The average molecular weight is 222 g/mol. The maximum atomic E-state index is 11.1. The summed E-state index contributed by atoms with van der Waals surface area (Å²) >= 11 is 0. The van der Waals surface area contributed by atoms with Gasteiger partial charge >= 0.3 is 6.09 Å². The molecule has 0 radical (unpaired) electrons. The third-order valence-electron chi connectivity index (χ3n) is 1.94. The second-order valence-corrected chi connectivity index (χ2v) is 2.99. The molecule has 0 bridgehead atoms. The van der Waals surface area contributed by atoms with Crippen molar-refractivity contribution in [2.45, 2.75) is 0 Å². The Morgan fingerprint density at radius 1 is 1.62 bits per heavy atom. The van der Waals surface area contributed by atoms with Gasteiger partial charge in [0.15, 0.2) is 11.5 Å². The molecular weight excluding hydrogens is 212 g/mol. The number of amides is 1. The standard InChI is InChI=1S/C8H10N6O2/c1-9-8(15)16-7-5(14(2)4-11-7)6-10-3-12-13-6/h3-4H,1-2H3,(H,9,15)(H,10,12,13). The van der Waals surface area contributed by atoms with E-state index in [2.05, 4.69) is 25.5 Å². The lowest BCUT2D eigenvalue weighted by Crippen LogP contribution is -2.22. The number of hydrogen-bond donors (Lipinski definition) is 2. The number of rotatable bonds is 2. The van der Waals surface area contributed by atoms with Gasteiger partial charge in [0.25, 0.3) is 5.88 Å². The SMILES string of the molecule is CNC(=O)Oc1ncn(C)c1-c1nnc[nH]1. The number of ether oxygens (including phenoxy) is 1. The van der Waals surface area contributed by atoms with E-state index in [1.165, 1.54) is 19.7 Å². The largest absolute Gasteiger partial charge is 0.413 e. The molecule has 0 aliphatic carbocycles. The van der Waals surface area contributed by atoms with Gasteiger partial charge in [-0.05, 0) is 0 Å². The van der Waals surface area contributed by atoms with Crippen molar-refractivity contribution >= 4 is 6.09 Å². The van der Waals surface area contributed by atoms with Crippen LogP contribution in [-0.4, -0.2) is 37.9 Å². The Kier molecular flexibility index (Phi) is 2.54. The monoisotopic (exact) mass is 222 g/mol. The van der Waals surface area contributed by atoms with Crippen LogP contribution in [0.2, 0.25) is 0 Å². The zero-order valence-electron chi connectivity index (χ0n) is 8.76. The number of nitrogens with one attached hydrogen (secondary N) is 2. The molecule has 0 saturated heterocycles. The maximum absolute atomic E-state index is 11.1. The molecule has 2 N–H and O–H groups in total. The second kappa shape index (κ2) is 4.01. The smallest absolute Gasteiger partial charge is 0.389 e. The lowest BCUT2D eigenvalue weighted by atomic mass is 10.4. The molecule has 2 aromatic rings. The Morgan fingerprint density at radius 3 is 3.06 bits per heavy atom. The third kappa shape index (κ3) is 1.72. The highest BCUT2D eigenvalue weighted by molar-refractivity contribution is 5.72. The van der Waals surface area contributed by atoms with Crippen molar-refractivity contribution in [2.24, 2.45) is 7.05 Å². The molecule has 8 heteroatoms. The number of aryl methyl sites for hydroxylation is 1. The molecule has 0 spiro atoms. The van der Waals surface area contributed by atoms with Crippen molar-refractivity contribution in [1.82, 2.24) is 30.0 Å². The molecule has 1 amide bonds. The van der Waals surface area contributed by atoms with Gasteiger partial charge in [0.2, 0.25) is 0 Å². The minimum Gasteiger partial charge on any atom is -0.389 e. The van der Waals surface area contributed by atoms with E-state index in [1.807, 2.05) is 0 Å². The van der Waals surface area contributed by atoms with E-state index in [4.69, 9.17) is 4.74 Å². The van der Waals surface area contributed by atoms with Gasteiger partial charge in [-0.15, -0.1) is 10.2 Å². The van der Waals surface area contributed by atoms with Crippen molar-refractivity contribution < 1.29 is 9.53 Å². The summed E-state index contributed by atoms with van der Waals surface area (Å²) in [6.07, 6.45) is 2.38. The zero-order valence-corrected chi connectivity index (χ0v) is 8.76. The Labute approximate surface area is 90.7 Å². The van der Waals surface area contributed by atoms with Crippen LogP contribution in [0.5, 0.6) is 5.88 Å². The first-order valence-electron chi connectivity index (χ1n) is 4.49. The summed E-state index contributed by atoms with van der Waals surface area (Å²) in [6.45, 7) is 0. The molecule has 2 rings (SSSR count). The number of aromatic amines is 1. The Balaban J connectivity index is 2.37. The van der Waals surface area contributed by atoms with Crippen LogP contribution in [0.15, 0.2) is 12.7 Å². The molecule has 0 fully saturated rings. The Bertz CT molecular complexity index is 489. The molecule has 0 atom stereocenters. The lowest BCUT2D eigenvalue weighted by Gasteiger charge is -2.02. The van der Waals surface area contributed by atoms with Crippen LogP contribution in [0.1, 0.15) is 0 Å². The minimum absolute atomic E-state index is 0.179. The molecule has 0 saturated carbocycles. The van der Waals surface area contributed by atoms with Crippen molar-refractivity contribution in [3.05, 3.63) is 12.7 Å². The molecule has 8 nitrogen and oxygen atoms in total. The van der Waals surface area contributed by atoms with Gasteiger partial charge in [0.05, 0.1) is 6.33 Å². The van der Waals surface area contributed by atoms with Crippen molar-refractivity contribution in [3.63, 3.8) is 0 Å². The van der Waals surface area contributed by atoms with Crippen LogP contribution in [0, 0.1) is 0 Å². The second-order valence-electron chi connectivity index (χ2n) is 2.99. The fraction of sp³-hybridized carbons (Fsp3) is 0.250. The molecule has 0 aliphatic rings. The molecule has 16 heavy (non-hydrogen) atoms. The van der Waals surface area contributed by atoms with E-state index in [1.54, 1.807) is 11.6 Å². The first kappa shape index (κ1) is 10.1. The van der Waals surface area contributed by atoms with E-state index >= 15 is 0 Å². The van der Waals surface area contributed by atoms with Crippen molar-refractivity contribution in [3.8, 4) is 17.4 Å². The number of aromatic nitrogens is 5. The number of nitrogens with zero attached hydrogens (tertiary/aromatic N) is 4. The molecule has 0 aromatic carbocycles. The first-order valence-corrected chi connectivity index (χ1v) is 4.49. The summed E-state index contributed by atoms with van der Waals surface area (Å²) in [5.41, 5.74) is 0.557. The predicted molar refractivity (Wildman–Crippen MR) is 53.7 cm³/mol. The van der Waals surface area contributed by atoms with E-state index < -0.39 is 6.09 Å². The summed E-state index contributed by atoms with van der Waals surface area (Å²) < 4.78 is 6.65. The average Bonchev–Trinajstić information content (AvgIpc) is 2.88. The summed E-state index contributed by atoms with van der Waals surface area (Å²) in [6, 6.07) is 0. The van der Waals surface area contributed by atoms with Crippen LogP contribution in [0.25, 0.3) is 11.5 Å². The summed E-state index contributed by atoms with van der Waals surface area (Å²) in [5.74, 6) is 0.664. The summed E-state index contributed by atoms with van der Waals surface area (Å²) in [4.78, 5) is 17.9. The van der Waals surface area contributed by atoms with Gasteiger partial charge in [0.1, 0.15) is 6.33 Å². The number of hydrogen-bond acceptors (Lipinski definition) is 5. The molecule has 84 valence electrons. The van der Waals surface area contributed by atoms with Gasteiger partial charge < -0.3 is 19.6 Å². The molecular formula is C8H10N6O2. The Morgan fingerprint density at radius 2 is 2.44 bits per heavy atom. The van der Waals surface area contributed by atoms with Crippen molar-refractivity contribution in [2.75, 3.05) is 7.05 Å². The number of carbonyl (C=O) groups is 1. The number of carbonyl (C=O) groups excluding carboxylic acids is 1. The summed E-state index contributed by atoms with van der Waals surface area (Å²) in [7, 11) is 3.24. The Hall–Kier alpha value is -2.38. The van der Waals surface area contributed by atoms with Crippen molar-refractivity contribution in [1.29, 1.82) is 0 Å². The molecule has 2 heterocycles. The van der Waals surface area contributed by atoms with Gasteiger partial charge in [-0.25, -0.2) is 9.78 Å². The van der Waals surface area contributed by atoms with E-state index in [-0.39, 0.29) is 5.88 Å². The fourth-order valence-electron chi connectivity index (χ4n) is 1.21. The molecule has 0 unspecified atom stereocenters. The number of H-pyrrole nitrogens is 1. The van der Waals surface area contributed by atoms with Crippen LogP contribution < -0.4 is 10.1 Å². The van der Waals surface area contributed by atoms with Gasteiger partial charge in [0, 0.05) is 14.1 Å².